The standard InChI is InChI=1S/C9H7N5OS/c10-7-3-6(12-13-7)9-11-8(14-15-9)5-1-2-16-4-5/h1-4H,(H3,10,12,13). The van der Waals surface area contributed by atoms with Crippen molar-refractivity contribution < 1.29 is 4.52 Å². The molecule has 0 bridgehead atoms. The molecule has 0 saturated heterocycles. The van der Waals surface area contributed by atoms with Gasteiger partial charge in [-0.25, -0.2) is 0 Å². The van der Waals surface area contributed by atoms with Crippen molar-refractivity contribution in [3.63, 3.8) is 0 Å². The monoisotopic (exact) mass is 233 g/mol. The topological polar surface area (TPSA) is 93.6 Å². The number of nitrogens with two attached hydrogens (primary N) is 1. The molecule has 3 aromatic heterocycles. The van der Waals surface area contributed by atoms with Gasteiger partial charge in [0.15, 0.2) is 0 Å². The molecule has 7 heteroatoms. The van der Waals surface area contributed by atoms with Crippen LogP contribution in [-0.4, -0.2) is 20.3 Å². The van der Waals surface area contributed by atoms with E-state index in [-0.39, 0.29) is 0 Å². The number of anilines is 1. The molecule has 0 aromatic carbocycles. The van der Waals surface area contributed by atoms with Gasteiger partial charge >= 0.3 is 0 Å². The van der Waals surface area contributed by atoms with Gasteiger partial charge in [0.25, 0.3) is 5.89 Å². The van der Waals surface area contributed by atoms with Crippen molar-refractivity contribution in [3.8, 4) is 23.0 Å². The molecule has 0 spiro atoms. The molecule has 0 aliphatic heterocycles. The molecule has 6 nitrogen and oxygen atoms in total. The number of rotatable bonds is 2. The van der Waals surface area contributed by atoms with Gasteiger partial charge in [0.05, 0.1) is 0 Å². The molecule has 0 fully saturated rings. The summed E-state index contributed by atoms with van der Waals surface area (Å²) < 4.78 is 5.10. The second kappa shape index (κ2) is 3.46. The average molecular weight is 233 g/mol. The number of H-pyrrole nitrogens is 1. The predicted octanol–water partition coefficient (Wildman–Crippen LogP) is 1.77. The Morgan fingerprint density at radius 2 is 2.38 bits per heavy atom. The Morgan fingerprint density at radius 1 is 1.44 bits per heavy atom. The Bertz CT molecular complexity index is 597. The zero-order valence-electron chi connectivity index (χ0n) is 8.04. The molecule has 80 valence electrons. The number of aromatic amines is 1. The van der Waals surface area contributed by atoms with E-state index in [1.807, 2.05) is 16.8 Å². The van der Waals surface area contributed by atoms with Crippen molar-refractivity contribution in [1.29, 1.82) is 0 Å². The molecule has 3 N–H and O–H groups in total. The minimum atomic E-state index is 0.380. The summed E-state index contributed by atoms with van der Waals surface area (Å²) in [6.45, 7) is 0. The van der Waals surface area contributed by atoms with E-state index in [1.54, 1.807) is 17.4 Å². The Balaban J connectivity index is 2.00. The average Bonchev–Trinajstić information content (AvgIpc) is 2.97. The van der Waals surface area contributed by atoms with E-state index >= 15 is 0 Å². The van der Waals surface area contributed by atoms with Crippen LogP contribution in [0.25, 0.3) is 23.0 Å². The van der Waals surface area contributed by atoms with Crippen LogP contribution in [0, 0.1) is 0 Å². The lowest BCUT2D eigenvalue weighted by molar-refractivity contribution is 0.431. The zero-order valence-corrected chi connectivity index (χ0v) is 8.86. The molecule has 0 saturated carbocycles. The minimum Gasteiger partial charge on any atom is -0.382 e. The zero-order chi connectivity index (χ0) is 11.0. The molecule has 0 amide bonds. The largest absolute Gasteiger partial charge is 0.382 e. The van der Waals surface area contributed by atoms with Gasteiger partial charge < -0.3 is 10.3 Å². The number of nitrogens with zero attached hydrogens (tertiary/aromatic N) is 3. The first-order chi connectivity index (χ1) is 7.83. The van der Waals surface area contributed by atoms with Crippen molar-refractivity contribution in [2.75, 3.05) is 5.73 Å². The fourth-order valence-electron chi connectivity index (χ4n) is 1.29. The van der Waals surface area contributed by atoms with Crippen LogP contribution in [0.5, 0.6) is 0 Å². The molecule has 0 unspecified atom stereocenters. The van der Waals surface area contributed by atoms with Crippen LogP contribution in [0.1, 0.15) is 0 Å². The lowest BCUT2D eigenvalue weighted by Gasteiger charge is -1.83. The first-order valence-corrected chi connectivity index (χ1v) is 5.45. The van der Waals surface area contributed by atoms with Crippen LogP contribution >= 0.6 is 11.3 Å². The van der Waals surface area contributed by atoms with Gasteiger partial charge in [0, 0.05) is 17.0 Å². The maximum Gasteiger partial charge on any atom is 0.276 e. The molecule has 0 aliphatic carbocycles. The van der Waals surface area contributed by atoms with Gasteiger partial charge in [0.2, 0.25) is 5.82 Å². The van der Waals surface area contributed by atoms with Crippen molar-refractivity contribution in [2.45, 2.75) is 0 Å². The van der Waals surface area contributed by atoms with Crippen LogP contribution in [0.2, 0.25) is 0 Å². The second-order valence-electron chi connectivity index (χ2n) is 3.14. The summed E-state index contributed by atoms with van der Waals surface area (Å²) >= 11 is 1.58. The van der Waals surface area contributed by atoms with E-state index in [2.05, 4.69) is 20.3 Å². The third-order valence-electron chi connectivity index (χ3n) is 2.03. The fraction of sp³-hybridized carbons (Fsp3) is 0. The van der Waals surface area contributed by atoms with Crippen LogP contribution in [0.4, 0.5) is 5.82 Å². The van der Waals surface area contributed by atoms with E-state index in [1.165, 1.54) is 0 Å². The molecule has 16 heavy (non-hydrogen) atoms. The van der Waals surface area contributed by atoms with Crippen molar-refractivity contribution in [1.82, 2.24) is 20.3 Å². The summed E-state index contributed by atoms with van der Waals surface area (Å²) in [6, 6.07) is 3.57. The summed E-state index contributed by atoms with van der Waals surface area (Å²) in [6.07, 6.45) is 0. The number of aromatic nitrogens is 4. The van der Waals surface area contributed by atoms with Crippen LogP contribution in [0.3, 0.4) is 0 Å². The highest BCUT2D eigenvalue weighted by Gasteiger charge is 2.12. The Morgan fingerprint density at radius 3 is 3.06 bits per heavy atom. The lowest BCUT2D eigenvalue weighted by atomic mass is 10.3. The SMILES string of the molecule is Nc1cc(-c2nc(-c3ccsc3)no2)[nH]n1. The highest BCUT2D eigenvalue weighted by molar-refractivity contribution is 7.08. The first-order valence-electron chi connectivity index (χ1n) is 4.50. The van der Waals surface area contributed by atoms with Crippen molar-refractivity contribution in [2.24, 2.45) is 0 Å². The third-order valence-corrected chi connectivity index (χ3v) is 2.72. The summed E-state index contributed by atoms with van der Waals surface area (Å²) in [4.78, 5) is 4.24. The van der Waals surface area contributed by atoms with Crippen molar-refractivity contribution in [3.05, 3.63) is 22.9 Å². The highest BCUT2D eigenvalue weighted by atomic mass is 32.1. The first kappa shape index (κ1) is 9.10. The molecular formula is C9H7N5OS. The van der Waals surface area contributed by atoms with Gasteiger partial charge in [-0.1, -0.05) is 5.16 Å². The van der Waals surface area contributed by atoms with E-state index in [4.69, 9.17) is 10.3 Å². The number of nitrogen functional groups attached to an aromatic ring is 1. The van der Waals surface area contributed by atoms with Gasteiger partial charge in [-0.05, 0) is 11.4 Å². The Kier molecular flexibility index (Phi) is 1.97. The Labute approximate surface area is 94.1 Å². The van der Waals surface area contributed by atoms with Crippen LogP contribution in [-0.2, 0) is 0 Å². The van der Waals surface area contributed by atoms with Gasteiger partial charge in [-0.15, -0.1) is 0 Å². The molecule has 3 aromatic rings. The molecule has 0 atom stereocenters. The van der Waals surface area contributed by atoms with Gasteiger partial charge in [0.1, 0.15) is 11.5 Å². The smallest absolute Gasteiger partial charge is 0.276 e. The van der Waals surface area contributed by atoms with E-state index in [0.717, 1.165) is 5.56 Å². The fourth-order valence-corrected chi connectivity index (χ4v) is 1.92. The third kappa shape index (κ3) is 1.47. The molecular weight excluding hydrogens is 226 g/mol. The quantitative estimate of drug-likeness (QED) is 0.703. The maximum atomic E-state index is 5.49. The Hall–Kier alpha value is -2.15. The van der Waals surface area contributed by atoms with Crippen molar-refractivity contribution >= 4 is 17.2 Å². The second-order valence-corrected chi connectivity index (χ2v) is 3.92. The predicted molar refractivity (Wildman–Crippen MR) is 59.6 cm³/mol. The molecule has 3 rings (SSSR count). The van der Waals surface area contributed by atoms with E-state index in [9.17, 15) is 0 Å². The molecule has 0 aliphatic rings. The summed E-state index contributed by atoms with van der Waals surface area (Å²) in [5.74, 6) is 1.33. The van der Waals surface area contributed by atoms with E-state index < -0.39 is 0 Å². The van der Waals surface area contributed by atoms with Gasteiger partial charge in [-0.2, -0.15) is 21.4 Å². The summed E-state index contributed by atoms with van der Waals surface area (Å²) in [5, 5.41) is 14.3. The van der Waals surface area contributed by atoms with E-state index in [0.29, 0.717) is 23.2 Å². The summed E-state index contributed by atoms with van der Waals surface area (Å²) in [7, 11) is 0. The number of hydrogen-bond donors (Lipinski definition) is 2. The lowest BCUT2D eigenvalue weighted by Crippen LogP contribution is -1.81. The molecule has 0 radical (unpaired) electrons. The number of thiophene rings is 1. The van der Waals surface area contributed by atoms with Gasteiger partial charge in [-0.3, -0.25) is 5.10 Å². The minimum absolute atomic E-state index is 0.380. The van der Waals surface area contributed by atoms with Crippen LogP contribution < -0.4 is 5.73 Å². The number of hydrogen-bond acceptors (Lipinski definition) is 6. The molecule has 3 heterocycles. The summed E-state index contributed by atoms with van der Waals surface area (Å²) in [5.41, 5.74) is 7.04. The maximum absolute atomic E-state index is 5.49. The highest BCUT2D eigenvalue weighted by Crippen LogP contribution is 2.22. The normalized spacial score (nSPS) is 10.8. The van der Waals surface area contributed by atoms with Crippen LogP contribution in [0.15, 0.2) is 27.4 Å². The number of nitrogens with one attached hydrogen (secondary N) is 1.